The summed E-state index contributed by atoms with van der Waals surface area (Å²) in [5, 5.41) is 3.15. The third kappa shape index (κ3) is 5.30. The Morgan fingerprint density at radius 2 is 1.77 bits per heavy atom. The number of nitrogens with zero attached hydrogens (tertiary/aromatic N) is 1. The van der Waals surface area contributed by atoms with Crippen molar-refractivity contribution in [3.63, 3.8) is 0 Å². The van der Waals surface area contributed by atoms with E-state index in [1.165, 1.54) is 0 Å². The number of likely N-dealkylation sites (tertiary alicyclic amines) is 1. The minimum Gasteiger partial charge on any atom is -0.349 e. The fourth-order valence-electron chi connectivity index (χ4n) is 2.51. The Balaban J connectivity index is 1.92. The number of nitrogens with one attached hydrogen (secondary N) is 1. The molecular weight excluding hydrogens is 272 g/mol. The van der Waals surface area contributed by atoms with E-state index in [0.29, 0.717) is 6.04 Å². The average Bonchev–Trinajstić information content (AvgIpc) is 2.47. The van der Waals surface area contributed by atoms with Gasteiger partial charge >= 0.3 is 0 Å². The Morgan fingerprint density at radius 1 is 1.18 bits per heavy atom. The van der Waals surface area contributed by atoms with E-state index in [2.05, 4.69) is 50.2 Å². The van der Waals surface area contributed by atoms with E-state index in [4.69, 9.17) is 0 Å². The Hall–Kier alpha value is -1.61. The Kier molecular flexibility index (Phi) is 5.41. The average molecular weight is 300 g/mol. The largest absolute Gasteiger partial charge is 0.349 e. The lowest BCUT2D eigenvalue weighted by atomic mass is 9.95. The van der Waals surface area contributed by atoms with Crippen LogP contribution in [0.5, 0.6) is 0 Å². The highest BCUT2D eigenvalue weighted by atomic mass is 16.1. The molecule has 2 rings (SSSR count). The van der Waals surface area contributed by atoms with E-state index in [1.54, 1.807) is 0 Å². The van der Waals surface area contributed by atoms with Gasteiger partial charge in [-0.15, -0.1) is 0 Å². The Bertz CT molecular complexity index is 517. The van der Waals surface area contributed by atoms with Crippen LogP contribution in [0.1, 0.15) is 49.5 Å². The number of amides is 1. The highest BCUT2D eigenvalue weighted by molar-refractivity contribution is 5.94. The SMILES string of the molecule is CN1CCC(NC(=O)c2ccc(/C=C/C(C)(C)C)cc2)CC1. The van der Waals surface area contributed by atoms with Crippen LogP contribution in [0.25, 0.3) is 6.08 Å². The molecule has 0 atom stereocenters. The van der Waals surface area contributed by atoms with Crippen molar-refractivity contribution in [3.05, 3.63) is 41.5 Å². The fourth-order valence-corrected chi connectivity index (χ4v) is 2.51. The van der Waals surface area contributed by atoms with Gasteiger partial charge < -0.3 is 10.2 Å². The molecule has 1 aromatic carbocycles. The molecule has 3 nitrogen and oxygen atoms in total. The van der Waals surface area contributed by atoms with Gasteiger partial charge in [0, 0.05) is 11.6 Å². The van der Waals surface area contributed by atoms with Gasteiger partial charge in [0.2, 0.25) is 0 Å². The van der Waals surface area contributed by atoms with Gasteiger partial charge in [0.25, 0.3) is 5.91 Å². The van der Waals surface area contributed by atoms with E-state index in [1.807, 2.05) is 24.3 Å². The summed E-state index contributed by atoms with van der Waals surface area (Å²) >= 11 is 0. The second-order valence-corrected chi connectivity index (χ2v) is 7.37. The van der Waals surface area contributed by atoms with Crippen molar-refractivity contribution in [2.45, 2.75) is 39.7 Å². The van der Waals surface area contributed by atoms with Crippen LogP contribution in [0, 0.1) is 5.41 Å². The summed E-state index contributed by atoms with van der Waals surface area (Å²) in [7, 11) is 2.13. The topological polar surface area (TPSA) is 32.3 Å². The van der Waals surface area contributed by atoms with E-state index < -0.39 is 0 Å². The van der Waals surface area contributed by atoms with E-state index >= 15 is 0 Å². The molecule has 0 bridgehead atoms. The maximum absolute atomic E-state index is 12.3. The number of piperidine rings is 1. The van der Waals surface area contributed by atoms with Crippen molar-refractivity contribution >= 4 is 12.0 Å². The molecule has 3 heteroatoms. The van der Waals surface area contributed by atoms with Crippen molar-refractivity contribution in [1.82, 2.24) is 10.2 Å². The smallest absolute Gasteiger partial charge is 0.251 e. The molecule has 1 saturated heterocycles. The van der Waals surface area contributed by atoms with Gasteiger partial charge in [-0.3, -0.25) is 4.79 Å². The molecule has 1 aliphatic heterocycles. The first-order chi connectivity index (χ1) is 10.3. The van der Waals surface area contributed by atoms with Gasteiger partial charge in [-0.25, -0.2) is 0 Å². The van der Waals surface area contributed by atoms with Gasteiger partial charge in [0.1, 0.15) is 0 Å². The lowest BCUT2D eigenvalue weighted by molar-refractivity contribution is 0.0917. The number of hydrogen-bond acceptors (Lipinski definition) is 2. The van der Waals surface area contributed by atoms with Gasteiger partial charge in [0.15, 0.2) is 0 Å². The van der Waals surface area contributed by atoms with Gasteiger partial charge in [-0.05, 0) is 56.1 Å². The molecule has 0 radical (unpaired) electrons. The minimum atomic E-state index is 0.0425. The number of carbonyl (C=O) groups is 1. The zero-order chi connectivity index (χ0) is 16.2. The molecule has 1 aliphatic rings. The molecule has 0 saturated carbocycles. The summed E-state index contributed by atoms with van der Waals surface area (Å²) in [5.74, 6) is 0.0425. The normalized spacial score (nSPS) is 17.8. The summed E-state index contributed by atoms with van der Waals surface area (Å²) in [6.07, 6.45) is 6.36. The molecule has 0 spiro atoms. The number of benzene rings is 1. The van der Waals surface area contributed by atoms with Crippen molar-refractivity contribution in [2.24, 2.45) is 5.41 Å². The molecular formula is C19H28N2O. The van der Waals surface area contributed by atoms with E-state index in [-0.39, 0.29) is 11.3 Å². The molecule has 1 heterocycles. The molecule has 1 fully saturated rings. The highest BCUT2D eigenvalue weighted by Crippen LogP contribution is 2.17. The zero-order valence-electron chi connectivity index (χ0n) is 14.2. The van der Waals surface area contributed by atoms with Gasteiger partial charge in [-0.2, -0.15) is 0 Å². The van der Waals surface area contributed by atoms with Gasteiger partial charge in [0.05, 0.1) is 0 Å². The molecule has 120 valence electrons. The predicted octanol–water partition coefficient (Wildman–Crippen LogP) is 3.57. The summed E-state index contributed by atoms with van der Waals surface area (Å²) in [6, 6.07) is 8.14. The standard InChI is InChI=1S/C19H28N2O/c1-19(2,3)12-9-15-5-7-16(8-6-15)18(22)20-17-10-13-21(4)14-11-17/h5-9,12,17H,10-11,13-14H2,1-4H3,(H,20,22)/b12-9+. The molecule has 1 aromatic rings. The van der Waals surface area contributed by atoms with E-state index in [9.17, 15) is 4.79 Å². The van der Waals surface area contributed by atoms with Gasteiger partial charge in [-0.1, -0.05) is 45.1 Å². The molecule has 0 unspecified atom stereocenters. The molecule has 0 aliphatic carbocycles. The molecule has 22 heavy (non-hydrogen) atoms. The number of allylic oxidation sites excluding steroid dienone is 1. The van der Waals surface area contributed by atoms with Crippen LogP contribution in [0.2, 0.25) is 0 Å². The van der Waals surface area contributed by atoms with Crippen molar-refractivity contribution in [2.75, 3.05) is 20.1 Å². The third-order valence-corrected chi connectivity index (χ3v) is 4.00. The number of rotatable bonds is 3. The first-order valence-corrected chi connectivity index (χ1v) is 8.12. The summed E-state index contributed by atoms with van der Waals surface area (Å²) in [6.45, 7) is 8.63. The van der Waals surface area contributed by atoms with E-state index in [0.717, 1.165) is 37.1 Å². The first-order valence-electron chi connectivity index (χ1n) is 8.12. The molecule has 1 amide bonds. The van der Waals surface area contributed by atoms with Crippen LogP contribution >= 0.6 is 0 Å². The van der Waals surface area contributed by atoms with Crippen LogP contribution in [0.3, 0.4) is 0 Å². The zero-order valence-corrected chi connectivity index (χ0v) is 14.2. The minimum absolute atomic E-state index is 0.0425. The first kappa shape index (κ1) is 16.8. The highest BCUT2D eigenvalue weighted by Gasteiger charge is 2.18. The second-order valence-electron chi connectivity index (χ2n) is 7.37. The lowest BCUT2D eigenvalue weighted by Crippen LogP contribution is -2.43. The monoisotopic (exact) mass is 300 g/mol. The van der Waals surface area contributed by atoms with Crippen LogP contribution in [0.4, 0.5) is 0 Å². The third-order valence-electron chi connectivity index (χ3n) is 4.00. The maximum Gasteiger partial charge on any atom is 0.251 e. The number of hydrogen-bond donors (Lipinski definition) is 1. The lowest BCUT2D eigenvalue weighted by Gasteiger charge is -2.29. The molecule has 0 aromatic heterocycles. The van der Waals surface area contributed by atoms with Crippen molar-refractivity contribution in [1.29, 1.82) is 0 Å². The predicted molar refractivity (Wildman–Crippen MR) is 92.9 cm³/mol. The quantitative estimate of drug-likeness (QED) is 0.925. The van der Waals surface area contributed by atoms with Crippen molar-refractivity contribution < 1.29 is 4.79 Å². The van der Waals surface area contributed by atoms with Crippen LogP contribution in [-0.4, -0.2) is 37.0 Å². The van der Waals surface area contributed by atoms with Crippen molar-refractivity contribution in [3.8, 4) is 0 Å². The summed E-state index contributed by atoms with van der Waals surface area (Å²) in [5.41, 5.74) is 2.04. The number of carbonyl (C=O) groups excluding carboxylic acids is 1. The summed E-state index contributed by atoms with van der Waals surface area (Å²) < 4.78 is 0. The van der Waals surface area contributed by atoms with Crippen LogP contribution in [-0.2, 0) is 0 Å². The fraction of sp³-hybridized carbons (Fsp3) is 0.526. The molecule has 1 N–H and O–H groups in total. The van der Waals surface area contributed by atoms with Crippen LogP contribution < -0.4 is 5.32 Å². The van der Waals surface area contributed by atoms with Crippen LogP contribution in [0.15, 0.2) is 30.3 Å². The maximum atomic E-state index is 12.3. The Morgan fingerprint density at radius 3 is 2.32 bits per heavy atom. The Labute approximate surface area is 134 Å². The second kappa shape index (κ2) is 7.10. The summed E-state index contributed by atoms with van der Waals surface area (Å²) in [4.78, 5) is 14.6.